The molecule has 3 rings (SSSR count). The Hall–Kier alpha value is -1.66. The predicted molar refractivity (Wildman–Crippen MR) is 80.9 cm³/mol. The Morgan fingerprint density at radius 3 is 2.95 bits per heavy atom. The Morgan fingerprint density at radius 1 is 1.48 bits per heavy atom. The summed E-state index contributed by atoms with van der Waals surface area (Å²) in [6.45, 7) is 6.26. The van der Waals surface area contributed by atoms with Crippen molar-refractivity contribution in [2.45, 2.75) is 30.6 Å². The molecule has 0 aliphatic carbocycles. The molecule has 21 heavy (non-hydrogen) atoms. The molecule has 1 aromatic rings. The molecule has 0 aromatic heterocycles. The number of hydrogen-bond acceptors (Lipinski definition) is 3. The first-order valence-corrected chi connectivity index (χ1v) is 8.53. The van der Waals surface area contributed by atoms with Gasteiger partial charge in [-0.05, 0) is 43.0 Å². The fraction of sp³-hybridized carbons (Fsp3) is 0.400. The summed E-state index contributed by atoms with van der Waals surface area (Å²) in [7, 11) is -3.56. The third kappa shape index (κ3) is 2.18. The molecule has 5 nitrogen and oxygen atoms in total. The van der Waals surface area contributed by atoms with Gasteiger partial charge in [0.2, 0.25) is 15.9 Å². The number of nitrogens with one attached hydrogen (secondary N) is 1. The van der Waals surface area contributed by atoms with Gasteiger partial charge >= 0.3 is 0 Å². The van der Waals surface area contributed by atoms with Crippen LogP contribution in [0.1, 0.15) is 30.4 Å². The largest absolute Gasteiger partial charge is 0.311 e. The van der Waals surface area contributed by atoms with E-state index < -0.39 is 10.0 Å². The van der Waals surface area contributed by atoms with E-state index >= 15 is 0 Å². The smallest absolute Gasteiger partial charge is 0.240 e. The van der Waals surface area contributed by atoms with Crippen molar-refractivity contribution in [3.8, 4) is 0 Å². The van der Waals surface area contributed by atoms with Crippen molar-refractivity contribution in [3.63, 3.8) is 0 Å². The molecule has 1 atom stereocenters. The van der Waals surface area contributed by atoms with Gasteiger partial charge in [0, 0.05) is 13.1 Å². The van der Waals surface area contributed by atoms with Crippen LogP contribution in [-0.2, 0) is 21.2 Å². The molecular weight excluding hydrogens is 288 g/mol. The molecule has 2 aliphatic rings. The van der Waals surface area contributed by atoms with E-state index in [1.807, 2.05) is 6.92 Å². The minimum Gasteiger partial charge on any atom is -0.311 e. The maximum atomic E-state index is 12.3. The normalized spacial score (nSPS) is 20.5. The van der Waals surface area contributed by atoms with Crippen molar-refractivity contribution in [1.29, 1.82) is 0 Å². The molecule has 112 valence electrons. The Morgan fingerprint density at radius 2 is 2.24 bits per heavy atom. The number of aryl methyl sites for hydroxylation is 1. The number of anilines is 1. The van der Waals surface area contributed by atoms with Gasteiger partial charge in [0.05, 0.1) is 16.5 Å². The van der Waals surface area contributed by atoms with Crippen molar-refractivity contribution in [3.05, 3.63) is 35.9 Å². The molecular formula is C15H18N2O3S. The van der Waals surface area contributed by atoms with Crippen LogP contribution in [-0.4, -0.2) is 27.4 Å². The number of hydrogen-bond donors (Lipinski definition) is 1. The molecule has 0 spiro atoms. The average molecular weight is 306 g/mol. The highest BCUT2D eigenvalue weighted by Gasteiger charge is 2.38. The summed E-state index contributed by atoms with van der Waals surface area (Å²) in [4.78, 5) is 14.3. The summed E-state index contributed by atoms with van der Waals surface area (Å²) < 4.78 is 27.1. The van der Waals surface area contributed by atoms with E-state index in [4.69, 9.17) is 0 Å². The zero-order chi connectivity index (χ0) is 15.2. The van der Waals surface area contributed by atoms with E-state index in [0.717, 1.165) is 36.2 Å². The second kappa shape index (κ2) is 4.96. The van der Waals surface area contributed by atoms with Crippen molar-refractivity contribution in [2.24, 2.45) is 0 Å². The Labute approximate surface area is 124 Å². The maximum Gasteiger partial charge on any atom is 0.240 e. The third-order valence-corrected chi connectivity index (χ3v) is 5.52. The predicted octanol–water partition coefficient (Wildman–Crippen LogP) is 1.55. The highest BCUT2D eigenvalue weighted by atomic mass is 32.2. The lowest BCUT2D eigenvalue weighted by molar-refractivity contribution is -0.119. The second-order valence-corrected chi connectivity index (χ2v) is 7.24. The van der Waals surface area contributed by atoms with E-state index in [1.165, 1.54) is 6.08 Å². The van der Waals surface area contributed by atoms with Crippen LogP contribution in [0.5, 0.6) is 0 Å². The molecule has 0 saturated heterocycles. The number of carbonyl (C=O) groups is 1. The zero-order valence-corrected chi connectivity index (χ0v) is 12.7. The number of carbonyl (C=O) groups excluding carboxylic acids is 1. The molecule has 2 aliphatic heterocycles. The summed E-state index contributed by atoms with van der Waals surface area (Å²) in [5.74, 6) is -0.203. The number of rotatable bonds is 4. The summed E-state index contributed by atoms with van der Waals surface area (Å²) in [6, 6.07) is 3.33. The average Bonchev–Trinajstić information content (AvgIpc) is 2.72. The van der Waals surface area contributed by atoms with Gasteiger partial charge in [-0.1, -0.05) is 6.08 Å². The van der Waals surface area contributed by atoms with Crippen LogP contribution >= 0.6 is 0 Å². The van der Waals surface area contributed by atoms with Crippen LogP contribution in [0.4, 0.5) is 5.69 Å². The number of sulfonamides is 1. The van der Waals surface area contributed by atoms with E-state index in [0.29, 0.717) is 0 Å². The summed E-state index contributed by atoms with van der Waals surface area (Å²) in [5.41, 5.74) is 2.72. The highest BCUT2D eigenvalue weighted by Crippen LogP contribution is 2.43. The van der Waals surface area contributed by atoms with Crippen LogP contribution in [0.2, 0.25) is 0 Å². The van der Waals surface area contributed by atoms with Gasteiger partial charge in [-0.25, -0.2) is 13.1 Å². The number of amides is 1. The molecule has 0 radical (unpaired) electrons. The van der Waals surface area contributed by atoms with Crippen LogP contribution < -0.4 is 9.62 Å². The molecule has 2 heterocycles. The van der Waals surface area contributed by atoms with Gasteiger partial charge < -0.3 is 4.90 Å². The zero-order valence-electron chi connectivity index (χ0n) is 11.9. The Balaban J connectivity index is 2.12. The lowest BCUT2D eigenvalue weighted by Gasteiger charge is -2.25. The lowest BCUT2D eigenvalue weighted by atomic mass is 9.97. The van der Waals surface area contributed by atoms with Gasteiger partial charge in [-0.2, -0.15) is 0 Å². The topological polar surface area (TPSA) is 66.5 Å². The highest BCUT2D eigenvalue weighted by molar-refractivity contribution is 7.89. The molecule has 0 fully saturated rings. The first-order chi connectivity index (χ1) is 9.95. The number of benzene rings is 1. The molecule has 1 aromatic carbocycles. The lowest BCUT2D eigenvalue weighted by Crippen LogP contribution is -2.32. The van der Waals surface area contributed by atoms with Gasteiger partial charge in [0.25, 0.3) is 0 Å². The van der Waals surface area contributed by atoms with E-state index in [1.54, 1.807) is 17.0 Å². The van der Waals surface area contributed by atoms with Crippen LogP contribution in [0.3, 0.4) is 0 Å². The quantitative estimate of drug-likeness (QED) is 0.858. The molecule has 1 N–H and O–H groups in total. The summed E-state index contributed by atoms with van der Waals surface area (Å²) >= 11 is 0. The molecule has 0 saturated carbocycles. The molecule has 0 unspecified atom stereocenters. The van der Waals surface area contributed by atoms with Crippen LogP contribution in [0.25, 0.3) is 0 Å². The van der Waals surface area contributed by atoms with Gasteiger partial charge in [0.15, 0.2) is 0 Å². The van der Waals surface area contributed by atoms with E-state index in [9.17, 15) is 13.2 Å². The van der Waals surface area contributed by atoms with Crippen molar-refractivity contribution in [2.75, 3.05) is 18.0 Å². The monoisotopic (exact) mass is 306 g/mol. The standard InChI is InChI=1S/C15H18N2O3S/c1-3-6-16-21(19,20)12-8-11-5-4-7-17-14(11)13(9-12)10(2)15(17)18/h3,8-10,16H,1,4-7H2,2H3/t10-/m0/s1. The fourth-order valence-corrected chi connectivity index (χ4v) is 4.16. The van der Waals surface area contributed by atoms with Crippen molar-refractivity contribution >= 4 is 21.6 Å². The van der Waals surface area contributed by atoms with Gasteiger partial charge in [0.1, 0.15) is 0 Å². The molecule has 1 amide bonds. The van der Waals surface area contributed by atoms with E-state index in [-0.39, 0.29) is 23.3 Å². The fourth-order valence-electron chi connectivity index (χ4n) is 3.07. The van der Waals surface area contributed by atoms with Gasteiger partial charge in [-0.3, -0.25) is 4.79 Å². The van der Waals surface area contributed by atoms with Crippen molar-refractivity contribution in [1.82, 2.24) is 4.72 Å². The molecule has 6 heteroatoms. The minimum absolute atomic E-state index is 0.0690. The maximum absolute atomic E-state index is 12.3. The SMILES string of the molecule is C=CCNS(=O)(=O)c1cc2c3c(c1)[C@H](C)C(=O)N3CCC2. The Kier molecular flexibility index (Phi) is 3.37. The van der Waals surface area contributed by atoms with Crippen molar-refractivity contribution < 1.29 is 13.2 Å². The first-order valence-electron chi connectivity index (χ1n) is 7.04. The molecule has 0 bridgehead atoms. The summed E-state index contributed by atoms with van der Waals surface area (Å²) in [5, 5.41) is 0. The summed E-state index contributed by atoms with van der Waals surface area (Å²) in [6.07, 6.45) is 3.18. The third-order valence-electron chi connectivity index (χ3n) is 4.12. The second-order valence-electron chi connectivity index (χ2n) is 5.48. The van der Waals surface area contributed by atoms with Crippen LogP contribution in [0.15, 0.2) is 29.7 Å². The van der Waals surface area contributed by atoms with Gasteiger partial charge in [-0.15, -0.1) is 6.58 Å². The van der Waals surface area contributed by atoms with Crippen LogP contribution in [0, 0.1) is 0 Å². The van der Waals surface area contributed by atoms with E-state index in [2.05, 4.69) is 11.3 Å². The first kappa shape index (κ1) is 14.3. The number of nitrogens with zero attached hydrogens (tertiary/aromatic N) is 1. The Bertz CT molecular complexity index is 725. The minimum atomic E-state index is -3.56.